The van der Waals surface area contributed by atoms with Crippen LogP contribution in [0.4, 0.5) is 5.69 Å². The number of rotatable bonds is 0. The standard InChI is InChI=1S/C9H8N2.C6H6O2/c1-2-6-9-8(4-1)5-3-7-10-11-9;7-5-1-2-6(8)4-3-5/h1-7,11H;1-4,7-8H. The zero-order valence-electron chi connectivity index (χ0n) is 10.2. The van der Waals surface area contributed by atoms with Crippen LogP contribution in [0.2, 0.25) is 0 Å². The normalized spacial score (nSPS) is 11.6. The predicted molar refractivity (Wildman–Crippen MR) is 77.4 cm³/mol. The van der Waals surface area contributed by atoms with Crippen LogP contribution in [0.25, 0.3) is 6.08 Å². The van der Waals surface area contributed by atoms with E-state index in [1.807, 2.05) is 36.4 Å². The molecule has 0 aromatic heterocycles. The first-order chi connectivity index (χ1) is 9.25. The van der Waals surface area contributed by atoms with Gasteiger partial charge in [0.25, 0.3) is 0 Å². The number of para-hydroxylation sites is 1. The van der Waals surface area contributed by atoms with E-state index in [1.54, 1.807) is 6.21 Å². The number of hydrazone groups is 1. The number of aromatic hydroxyl groups is 2. The molecule has 0 spiro atoms. The summed E-state index contributed by atoms with van der Waals surface area (Å²) in [6.07, 6.45) is 5.68. The second-order valence-corrected chi connectivity index (χ2v) is 3.85. The molecule has 0 aliphatic carbocycles. The zero-order chi connectivity index (χ0) is 13.5. The van der Waals surface area contributed by atoms with Crippen LogP contribution in [0.15, 0.2) is 59.7 Å². The zero-order valence-corrected chi connectivity index (χ0v) is 10.2. The molecule has 0 unspecified atom stereocenters. The van der Waals surface area contributed by atoms with E-state index in [4.69, 9.17) is 10.2 Å². The molecule has 1 aliphatic heterocycles. The first kappa shape index (κ1) is 12.7. The third-order valence-corrected chi connectivity index (χ3v) is 2.43. The molecule has 0 bridgehead atoms. The Hall–Kier alpha value is -2.75. The van der Waals surface area contributed by atoms with Crippen molar-refractivity contribution in [3.05, 3.63) is 60.2 Å². The second-order valence-electron chi connectivity index (χ2n) is 3.85. The smallest absolute Gasteiger partial charge is 0.115 e. The molecule has 3 rings (SSSR count). The number of benzene rings is 2. The van der Waals surface area contributed by atoms with Crippen molar-refractivity contribution >= 4 is 18.0 Å². The van der Waals surface area contributed by atoms with Gasteiger partial charge < -0.3 is 10.2 Å². The highest BCUT2D eigenvalue weighted by Gasteiger charge is 1.96. The van der Waals surface area contributed by atoms with E-state index < -0.39 is 0 Å². The number of allylic oxidation sites excluding steroid dienone is 1. The lowest BCUT2D eigenvalue weighted by atomic mass is 10.2. The molecule has 1 aliphatic rings. The molecule has 4 heteroatoms. The molecule has 19 heavy (non-hydrogen) atoms. The monoisotopic (exact) mass is 254 g/mol. The highest BCUT2D eigenvalue weighted by molar-refractivity contribution is 5.83. The number of hydrogen-bond donors (Lipinski definition) is 3. The highest BCUT2D eigenvalue weighted by Crippen LogP contribution is 2.17. The van der Waals surface area contributed by atoms with Crippen molar-refractivity contribution in [1.29, 1.82) is 0 Å². The summed E-state index contributed by atoms with van der Waals surface area (Å²) in [6, 6.07) is 13.8. The maximum atomic E-state index is 8.65. The Morgan fingerprint density at radius 2 is 1.47 bits per heavy atom. The van der Waals surface area contributed by atoms with E-state index in [-0.39, 0.29) is 11.5 Å². The van der Waals surface area contributed by atoms with Gasteiger partial charge in [0.15, 0.2) is 0 Å². The van der Waals surface area contributed by atoms with Crippen molar-refractivity contribution in [3.8, 4) is 11.5 Å². The number of phenols is 2. The summed E-state index contributed by atoms with van der Waals surface area (Å²) in [5.41, 5.74) is 5.16. The fraction of sp³-hybridized carbons (Fsp3) is 0. The third kappa shape index (κ3) is 3.89. The number of anilines is 1. The van der Waals surface area contributed by atoms with Gasteiger partial charge in [-0.15, -0.1) is 0 Å². The van der Waals surface area contributed by atoms with Crippen molar-refractivity contribution < 1.29 is 10.2 Å². The molecule has 0 saturated carbocycles. The van der Waals surface area contributed by atoms with Crippen molar-refractivity contribution in [1.82, 2.24) is 0 Å². The summed E-state index contributed by atoms with van der Waals surface area (Å²) in [7, 11) is 0. The number of hydrogen-bond acceptors (Lipinski definition) is 4. The van der Waals surface area contributed by atoms with Gasteiger partial charge in [0.1, 0.15) is 11.5 Å². The highest BCUT2D eigenvalue weighted by atomic mass is 16.3. The summed E-state index contributed by atoms with van der Waals surface area (Å²) < 4.78 is 0. The third-order valence-electron chi connectivity index (χ3n) is 2.43. The van der Waals surface area contributed by atoms with Crippen LogP contribution in [-0.4, -0.2) is 16.4 Å². The van der Waals surface area contributed by atoms with Crippen molar-refractivity contribution in [2.24, 2.45) is 5.10 Å². The lowest BCUT2D eigenvalue weighted by Crippen LogP contribution is -1.87. The minimum atomic E-state index is 0.169. The molecule has 2 aromatic carbocycles. The SMILES string of the molecule is C1=Cc2ccccc2NN=C1.Oc1ccc(O)cc1. The van der Waals surface area contributed by atoms with E-state index in [2.05, 4.69) is 10.5 Å². The Kier molecular flexibility index (Phi) is 4.18. The molecule has 1 heterocycles. The van der Waals surface area contributed by atoms with Gasteiger partial charge in [-0.1, -0.05) is 24.3 Å². The van der Waals surface area contributed by atoms with E-state index in [9.17, 15) is 0 Å². The molecule has 4 nitrogen and oxygen atoms in total. The molecular weight excluding hydrogens is 240 g/mol. The van der Waals surface area contributed by atoms with Gasteiger partial charge >= 0.3 is 0 Å². The van der Waals surface area contributed by atoms with E-state index in [0.29, 0.717) is 0 Å². The van der Waals surface area contributed by atoms with Crippen LogP contribution >= 0.6 is 0 Å². The van der Waals surface area contributed by atoms with Crippen LogP contribution in [-0.2, 0) is 0 Å². The minimum Gasteiger partial charge on any atom is -0.508 e. The van der Waals surface area contributed by atoms with Crippen molar-refractivity contribution in [2.45, 2.75) is 0 Å². The maximum Gasteiger partial charge on any atom is 0.115 e. The van der Waals surface area contributed by atoms with Gasteiger partial charge in [-0.25, -0.2) is 0 Å². The summed E-state index contributed by atoms with van der Waals surface area (Å²) in [6.45, 7) is 0. The number of fused-ring (bicyclic) bond motifs is 1. The van der Waals surface area contributed by atoms with Crippen LogP contribution < -0.4 is 5.43 Å². The topological polar surface area (TPSA) is 64.9 Å². The average Bonchev–Trinajstić information content (AvgIpc) is 2.68. The molecule has 0 fully saturated rings. The fourth-order valence-corrected chi connectivity index (χ4v) is 1.49. The number of nitrogens with zero attached hydrogens (tertiary/aromatic N) is 1. The molecule has 0 atom stereocenters. The van der Waals surface area contributed by atoms with Crippen molar-refractivity contribution in [2.75, 3.05) is 5.43 Å². The lowest BCUT2D eigenvalue weighted by Gasteiger charge is -2.00. The predicted octanol–water partition coefficient (Wildman–Crippen LogP) is 3.21. The second kappa shape index (κ2) is 6.26. The van der Waals surface area contributed by atoms with Crippen LogP contribution in [0.5, 0.6) is 11.5 Å². The first-order valence-electron chi connectivity index (χ1n) is 5.78. The molecule has 96 valence electrons. The largest absolute Gasteiger partial charge is 0.508 e. The molecule has 3 N–H and O–H groups in total. The summed E-state index contributed by atoms with van der Waals surface area (Å²) in [5, 5.41) is 21.2. The summed E-state index contributed by atoms with van der Waals surface area (Å²) >= 11 is 0. The minimum absolute atomic E-state index is 0.169. The van der Waals surface area contributed by atoms with Gasteiger partial charge in [0.05, 0.1) is 5.69 Å². The maximum absolute atomic E-state index is 8.65. The Morgan fingerprint density at radius 1 is 0.842 bits per heavy atom. The number of nitrogens with one attached hydrogen (secondary N) is 1. The Bertz CT molecular complexity index is 568. The lowest BCUT2D eigenvalue weighted by molar-refractivity contribution is 0.460. The Labute approximate surface area is 111 Å². The summed E-state index contributed by atoms with van der Waals surface area (Å²) in [4.78, 5) is 0. The number of phenolic OH excluding ortho intramolecular Hbond substituents is 2. The van der Waals surface area contributed by atoms with Crippen LogP contribution in [0.3, 0.4) is 0 Å². The Balaban J connectivity index is 0.000000148. The van der Waals surface area contributed by atoms with Gasteiger partial charge in [-0.3, -0.25) is 5.43 Å². The fourth-order valence-electron chi connectivity index (χ4n) is 1.49. The van der Waals surface area contributed by atoms with Gasteiger partial charge in [0, 0.05) is 6.21 Å². The molecule has 0 saturated heterocycles. The van der Waals surface area contributed by atoms with Gasteiger partial charge in [-0.05, 0) is 42.0 Å². The molecular formula is C15H14N2O2. The first-order valence-corrected chi connectivity index (χ1v) is 5.78. The average molecular weight is 254 g/mol. The van der Waals surface area contributed by atoms with Crippen molar-refractivity contribution in [3.63, 3.8) is 0 Å². The van der Waals surface area contributed by atoms with E-state index in [1.165, 1.54) is 29.8 Å². The summed E-state index contributed by atoms with van der Waals surface area (Å²) in [5.74, 6) is 0.339. The van der Waals surface area contributed by atoms with Crippen LogP contribution in [0, 0.1) is 0 Å². The van der Waals surface area contributed by atoms with Gasteiger partial charge in [0.2, 0.25) is 0 Å². The van der Waals surface area contributed by atoms with E-state index in [0.717, 1.165) is 5.69 Å². The van der Waals surface area contributed by atoms with Gasteiger partial charge in [-0.2, -0.15) is 5.10 Å². The van der Waals surface area contributed by atoms with E-state index >= 15 is 0 Å². The molecule has 0 amide bonds. The molecule has 0 radical (unpaired) electrons. The molecule has 2 aromatic rings. The van der Waals surface area contributed by atoms with Crippen LogP contribution in [0.1, 0.15) is 5.56 Å². The Morgan fingerprint density at radius 3 is 2.16 bits per heavy atom. The quantitative estimate of drug-likeness (QED) is 0.632.